The van der Waals surface area contributed by atoms with Crippen molar-refractivity contribution < 1.29 is 22.7 Å². The standard InChI is InChI=1S/C19H23N3O5S/c1-26-12-13-27-19-17(8-5-9-20-19)21-18(23)15-6-4-7-16(14-15)28(24,25)22-10-2-3-11-22/h4-9,14H,2-3,10-13H2,1H3,(H,21,23). The van der Waals surface area contributed by atoms with Gasteiger partial charge in [0.15, 0.2) is 0 Å². The van der Waals surface area contributed by atoms with Gasteiger partial charge in [-0.1, -0.05) is 6.07 Å². The fourth-order valence-corrected chi connectivity index (χ4v) is 4.46. The normalized spacial score (nSPS) is 14.8. The molecule has 1 aromatic carbocycles. The lowest BCUT2D eigenvalue weighted by Crippen LogP contribution is -2.28. The number of pyridine rings is 1. The summed E-state index contributed by atoms with van der Waals surface area (Å²) in [5.74, 6) is -0.170. The number of aromatic nitrogens is 1. The molecule has 0 spiro atoms. The molecule has 1 fully saturated rings. The van der Waals surface area contributed by atoms with Gasteiger partial charge in [-0.25, -0.2) is 13.4 Å². The summed E-state index contributed by atoms with van der Waals surface area (Å²) in [6.07, 6.45) is 3.26. The number of benzene rings is 1. The van der Waals surface area contributed by atoms with Crippen molar-refractivity contribution in [1.29, 1.82) is 0 Å². The van der Waals surface area contributed by atoms with E-state index in [9.17, 15) is 13.2 Å². The van der Waals surface area contributed by atoms with Crippen molar-refractivity contribution in [3.8, 4) is 5.88 Å². The predicted molar refractivity (Wildman–Crippen MR) is 104 cm³/mol. The number of rotatable bonds is 8. The van der Waals surface area contributed by atoms with Crippen LogP contribution in [0.4, 0.5) is 5.69 Å². The lowest BCUT2D eigenvalue weighted by atomic mass is 10.2. The molecule has 1 amide bonds. The van der Waals surface area contributed by atoms with Crippen molar-refractivity contribution in [3.63, 3.8) is 0 Å². The largest absolute Gasteiger partial charge is 0.474 e. The van der Waals surface area contributed by atoms with Crippen molar-refractivity contribution in [1.82, 2.24) is 9.29 Å². The summed E-state index contributed by atoms with van der Waals surface area (Å²) < 4.78 is 37.3. The fraction of sp³-hybridized carbons (Fsp3) is 0.368. The van der Waals surface area contributed by atoms with Gasteiger partial charge in [-0.3, -0.25) is 4.79 Å². The molecule has 0 saturated carbocycles. The zero-order valence-electron chi connectivity index (χ0n) is 15.6. The molecule has 2 heterocycles. The van der Waals surface area contributed by atoms with Gasteiger partial charge in [0.05, 0.1) is 11.5 Å². The molecule has 1 aliphatic heterocycles. The predicted octanol–water partition coefficient (Wildman–Crippen LogP) is 2.14. The lowest BCUT2D eigenvalue weighted by molar-refractivity contribution is 0.102. The molecule has 0 bridgehead atoms. The maximum Gasteiger partial charge on any atom is 0.255 e. The molecule has 1 aromatic heterocycles. The van der Waals surface area contributed by atoms with E-state index in [1.807, 2.05) is 0 Å². The number of ether oxygens (including phenoxy) is 2. The number of nitrogens with zero attached hydrogens (tertiary/aromatic N) is 2. The van der Waals surface area contributed by atoms with Crippen molar-refractivity contribution >= 4 is 21.6 Å². The summed E-state index contributed by atoms with van der Waals surface area (Å²) in [7, 11) is -2.03. The lowest BCUT2D eigenvalue weighted by Gasteiger charge is -2.16. The van der Waals surface area contributed by atoms with Crippen molar-refractivity contribution in [2.24, 2.45) is 0 Å². The smallest absolute Gasteiger partial charge is 0.255 e. The van der Waals surface area contributed by atoms with E-state index in [0.29, 0.717) is 32.0 Å². The average Bonchev–Trinajstić information content (AvgIpc) is 3.25. The minimum absolute atomic E-state index is 0.116. The summed E-state index contributed by atoms with van der Waals surface area (Å²) >= 11 is 0. The van der Waals surface area contributed by atoms with Gasteiger partial charge in [0.25, 0.3) is 5.91 Å². The van der Waals surface area contributed by atoms with Gasteiger partial charge in [0.2, 0.25) is 15.9 Å². The summed E-state index contributed by atoms with van der Waals surface area (Å²) in [5.41, 5.74) is 0.642. The molecule has 9 heteroatoms. The number of carbonyl (C=O) groups excluding carboxylic acids is 1. The topological polar surface area (TPSA) is 97.8 Å². The van der Waals surface area contributed by atoms with Gasteiger partial charge in [0, 0.05) is 32.0 Å². The first-order valence-electron chi connectivity index (χ1n) is 9.00. The molecule has 1 N–H and O–H groups in total. The van der Waals surface area contributed by atoms with Crippen LogP contribution in [0.2, 0.25) is 0 Å². The number of amides is 1. The van der Waals surface area contributed by atoms with Gasteiger partial charge in [-0.15, -0.1) is 0 Å². The summed E-state index contributed by atoms with van der Waals surface area (Å²) in [6.45, 7) is 1.70. The summed E-state index contributed by atoms with van der Waals surface area (Å²) in [6, 6.07) is 9.38. The molecule has 0 aliphatic carbocycles. The van der Waals surface area contributed by atoms with E-state index in [4.69, 9.17) is 9.47 Å². The minimum Gasteiger partial charge on any atom is -0.474 e. The van der Waals surface area contributed by atoms with E-state index in [0.717, 1.165) is 12.8 Å². The van der Waals surface area contributed by atoms with E-state index < -0.39 is 15.9 Å². The van der Waals surface area contributed by atoms with Gasteiger partial charge in [0.1, 0.15) is 12.3 Å². The molecular weight excluding hydrogens is 382 g/mol. The van der Waals surface area contributed by atoms with E-state index in [1.165, 1.54) is 16.4 Å². The SMILES string of the molecule is COCCOc1ncccc1NC(=O)c1cccc(S(=O)(=O)N2CCCC2)c1. The molecule has 2 aromatic rings. The maximum atomic E-state index is 12.7. The van der Waals surface area contributed by atoms with E-state index in [1.54, 1.807) is 37.6 Å². The number of methoxy groups -OCH3 is 1. The van der Waals surface area contributed by atoms with Gasteiger partial charge in [-0.2, -0.15) is 4.31 Å². The van der Waals surface area contributed by atoms with Crippen LogP contribution in [0.1, 0.15) is 23.2 Å². The summed E-state index contributed by atoms with van der Waals surface area (Å²) in [4.78, 5) is 16.9. The van der Waals surface area contributed by atoms with E-state index in [2.05, 4.69) is 10.3 Å². The van der Waals surface area contributed by atoms with Crippen LogP contribution < -0.4 is 10.1 Å². The van der Waals surface area contributed by atoms with E-state index in [-0.39, 0.29) is 16.3 Å². The second-order valence-electron chi connectivity index (χ2n) is 6.29. The fourth-order valence-electron chi connectivity index (χ4n) is 2.89. The average molecular weight is 405 g/mol. The Balaban J connectivity index is 1.77. The van der Waals surface area contributed by atoms with Crippen LogP contribution in [0.3, 0.4) is 0 Å². The molecule has 0 atom stereocenters. The first-order chi connectivity index (χ1) is 13.5. The Kier molecular flexibility index (Phi) is 6.61. The van der Waals surface area contributed by atoms with Crippen LogP contribution in [-0.4, -0.2) is 57.0 Å². The molecule has 28 heavy (non-hydrogen) atoms. The Morgan fingerprint density at radius 1 is 1.18 bits per heavy atom. The van der Waals surface area contributed by atoms with Crippen molar-refractivity contribution in [3.05, 3.63) is 48.2 Å². The van der Waals surface area contributed by atoms with E-state index >= 15 is 0 Å². The third-order valence-electron chi connectivity index (χ3n) is 4.34. The summed E-state index contributed by atoms with van der Waals surface area (Å²) in [5, 5.41) is 2.73. The first-order valence-corrected chi connectivity index (χ1v) is 10.4. The van der Waals surface area contributed by atoms with Crippen LogP contribution in [0.5, 0.6) is 5.88 Å². The highest BCUT2D eigenvalue weighted by molar-refractivity contribution is 7.89. The number of hydrogen-bond acceptors (Lipinski definition) is 6. The number of sulfonamides is 1. The van der Waals surface area contributed by atoms with Crippen LogP contribution in [0.15, 0.2) is 47.5 Å². The zero-order valence-corrected chi connectivity index (χ0v) is 16.4. The highest BCUT2D eigenvalue weighted by Crippen LogP contribution is 2.24. The van der Waals surface area contributed by atoms with Crippen LogP contribution in [-0.2, 0) is 14.8 Å². The Bertz CT molecular complexity index is 927. The Morgan fingerprint density at radius 3 is 2.71 bits per heavy atom. The first kappa shape index (κ1) is 20.2. The molecule has 1 aliphatic rings. The monoisotopic (exact) mass is 405 g/mol. The molecule has 1 saturated heterocycles. The Hall–Kier alpha value is -2.49. The van der Waals surface area contributed by atoms with Gasteiger partial charge < -0.3 is 14.8 Å². The number of anilines is 1. The van der Waals surface area contributed by atoms with Crippen LogP contribution >= 0.6 is 0 Å². The second kappa shape index (κ2) is 9.13. The maximum absolute atomic E-state index is 12.7. The molecule has 8 nitrogen and oxygen atoms in total. The zero-order chi connectivity index (χ0) is 20.0. The third-order valence-corrected chi connectivity index (χ3v) is 6.24. The third kappa shape index (κ3) is 4.67. The molecule has 3 rings (SSSR count). The van der Waals surface area contributed by atoms with Gasteiger partial charge in [-0.05, 0) is 43.2 Å². The van der Waals surface area contributed by atoms with Gasteiger partial charge >= 0.3 is 0 Å². The van der Waals surface area contributed by atoms with Crippen LogP contribution in [0, 0.1) is 0 Å². The Morgan fingerprint density at radius 2 is 1.96 bits per heavy atom. The van der Waals surface area contributed by atoms with Crippen LogP contribution in [0.25, 0.3) is 0 Å². The second-order valence-corrected chi connectivity index (χ2v) is 8.23. The minimum atomic E-state index is -3.59. The van der Waals surface area contributed by atoms with Crippen molar-refractivity contribution in [2.75, 3.05) is 38.7 Å². The number of nitrogens with one attached hydrogen (secondary N) is 1. The number of carbonyl (C=O) groups is 1. The highest BCUT2D eigenvalue weighted by Gasteiger charge is 2.27. The van der Waals surface area contributed by atoms with Crippen molar-refractivity contribution in [2.45, 2.75) is 17.7 Å². The molecule has 150 valence electrons. The number of hydrogen-bond donors (Lipinski definition) is 1. The quantitative estimate of drug-likeness (QED) is 0.676. The Labute approximate surface area is 164 Å². The molecule has 0 unspecified atom stereocenters. The molecular formula is C19H23N3O5S. The highest BCUT2D eigenvalue weighted by atomic mass is 32.2. The molecule has 0 radical (unpaired) electrons.